The van der Waals surface area contributed by atoms with E-state index in [4.69, 9.17) is 5.11 Å². The Morgan fingerprint density at radius 3 is 2.48 bits per heavy atom. The van der Waals surface area contributed by atoms with Crippen molar-refractivity contribution in [1.29, 1.82) is 0 Å². The Bertz CT molecular complexity index is 650. The molecular weight excluding hydrogens is 320 g/mol. The largest absolute Gasteiger partial charge is 0.480 e. The smallest absolute Gasteiger partial charge is 0.326 e. The number of sulfone groups is 1. The Hall–Kier alpha value is -1.68. The van der Waals surface area contributed by atoms with Crippen LogP contribution in [0.1, 0.15) is 20.3 Å². The molecule has 2 N–H and O–H groups in total. The zero-order chi connectivity index (χ0) is 16.4. The van der Waals surface area contributed by atoms with Crippen molar-refractivity contribution < 1.29 is 23.2 Å². The Morgan fingerprint density at radius 1 is 1.52 bits per heavy atom. The number of nitro groups is 1. The molecule has 0 fully saturated rings. The molecule has 8 nitrogen and oxygen atoms in total. The van der Waals surface area contributed by atoms with Crippen molar-refractivity contribution in [3.63, 3.8) is 0 Å². The van der Waals surface area contributed by atoms with Crippen molar-refractivity contribution >= 4 is 37.8 Å². The summed E-state index contributed by atoms with van der Waals surface area (Å²) in [5, 5.41) is 22.6. The minimum absolute atomic E-state index is 0.0616. The molecule has 1 aromatic rings. The molecule has 1 atom stereocenters. The first-order valence-electron chi connectivity index (χ1n) is 6.00. The lowest BCUT2D eigenvalue weighted by Gasteiger charge is -2.15. The fourth-order valence-electron chi connectivity index (χ4n) is 1.63. The fourth-order valence-corrected chi connectivity index (χ4v) is 3.62. The van der Waals surface area contributed by atoms with Crippen LogP contribution in [-0.2, 0) is 14.6 Å². The van der Waals surface area contributed by atoms with E-state index < -0.39 is 32.5 Å². The van der Waals surface area contributed by atoms with E-state index in [0.29, 0.717) is 11.3 Å². The van der Waals surface area contributed by atoms with Gasteiger partial charge in [0.25, 0.3) is 0 Å². The van der Waals surface area contributed by atoms with Crippen molar-refractivity contribution in [3.05, 3.63) is 16.2 Å². The summed E-state index contributed by atoms with van der Waals surface area (Å²) in [6.07, 6.45) is 1.20. The molecule has 0 radical (unpaired) electrons. The highest BCUT2D eigenvalue weighted by Crippen LogP contribution is 2.37. The fraction of sp³-hybridized carbons (Fsp3) is 0.545. The summed E-state index contributed by atoms with van der Waals surface area (Å²) in [6, 6.07) is -0.0777. The van der Waals surface area contributed by atoms with Gasteiger partial charge in [0.05, 0.1) is 4.92 Å². The molecule has 0 saturated carbocycles. The average Bonchev–Trinajstić information content (AvgIpc) is 2.71. The van der Waals surface area contributed by atoms with Crippen molar-refractivity contribution in [2.24, 2.45) is 5.92 Å². The van der Waals surface area contributed by atoms with Gasteiger partial charge in [0.2, 0.25) is 0 Å². The van der Waals surface area contributed by atoms with Gasteiger partial charge in [-0.1, -0.05) is 25.2 Å². The summed E-state index contributed by atoms with van der Waals surface area (Å²) in [4.78, 5) is 21.4. The molecule has 10 heteroatoms. The monoisotopic (exact) mass is 336 g/mol. The predicted molar refractivity (Wildman–Crippen MR) is 78.6 cm³/mol. The number of carboxylic acids is 1. The number of thiophene rings is 1. The van der Waals surface area contributed by atoms with Gasteiger partial charge in [-0.3, -0.25) is 10.1 Å². The van der Waals surface area contributed by atoms with E-state index in [1.54, 1.807) is 0 Å². The zero-order valence-electron chi connectivity index (χ0n) is 11.7. The lowest BCUT2D eigenvalue weighted by atomic mass is 10.0. The first kappa shape index (κ1) is 17.4. The maximum atomic E-state index is 11.5. The van der Waals surface area contributed by atoms with Gasteiger partial charge < -0.3 is 10.4 Å². The van der Waals surface area contributed by atoms with Gasteiger partial charge in [-0.2, -0.15) is 0 Å². The van der Waals surface area contributed by atoms with Gasteiger partial charge in [0, 0.05) is 12.3 Å². The molecule has 0 aliphatic heterocycles. The van der Waals surface area contributed by atoms with E-state index in [1.807, 2.05) is 13.8 Å². The number of hydrogen-bond donors (Lipinski definition) is 2. The van der Waals surface area contributed by atoms with Crippen LogP contribution in [0.3, 0.4) is 0 Å². The molecule has 0 unspecified atom stereocenters. The van der Waals surface area contributed by atoms with Crippen molar-refractivity contribution in [1.82, 2.24) is 0 Å². The van der Waals surface area contributed by atoms with Crippen LogP contribution in [-0.4, -0.2) is 36.7 Å². The highest BCUT2D eigenvalue weighted by Gasteiger charge is 2.27. The zero-order valence-corrected chi connectivity index (χ0v) is 13.3. The second-order valence-corrected chi connectivity index (χ2v) is 8.27. The van der Waals surface area contributed by atoms with E-state index in [2.05, 4.69) is 5.32 Å². The number of anilines is 1. The van der Waals surface area contributed by atoms with Crippen LogP contribution >= 0.6 is 11.3 Å². The van der Waals surface area contributed by atoms with Gasteiger partial charge in [-0.25, -0.2) is 13.2 Å². The Morgan fingerprint density at radius 2 is 2.10 bits per heavy atom. The van der Waals surface area contributed by atoms with Crippen LogP contribution in [0.4, 0.5) is 10.7 Å². The normalized spacial score (nSPS) is 13.1. The van der Waals surface area contributed by atoms with Crippen LogP contribution in [0, 0.1) is 16.0 Å². The summed E-state index contributed by atoms with van der Waals surface area (Å²) in [5.41, 5.74) is -0.435. The minimum Gasteiger partial charge on any atom is -0.480 e. The minimum atomic E-state index is -3.59. The summed E-state index contributed by atoms with van der Waals surface area (Å²) < 4.78 is 22.7. The molecule has 1 aromatic heterocycles. The number of carboxylic acid groups (broad SMARTS) is 1. The highest BCUT2D eigenvalue weighted by atomic mass is 32.2. The van der Waals surface area contributed by atoms with Crippen LogP contribution in [0.2, 0.25) is 0 Å². The molecule has 0 spiro atoms. The third-order valence-electron chi connectivity index (χ3n) is 2.56. The first-order valence-corrected chi connectivity index (χ1v) is 8.70. The summed E-state index contributed by atoms with van der Waals surface area (Å²) in [7, 11) is -3.59. The van der Waals surface area contributed by atoms with E-state index in [1.165, 1.54) is 0 Å². The standard InChI is InChI=1S/C11H16N2O6S2/c1-6(2)4-7(11(14)15)12-10-8(13(16)17)5-9(20-10)21(3,18)19/h5-7,12H,4H2,1-3H3,(H,14,15)/t7-/m1/s1. The van der Waals surface area contributed by atoms with E-state index in [0.717, 1.165) is 12.3 Å². The molecule has 0 saturated heterocycles. The Kier molecular flexibility index (Phi) is 5.29. The van der Waals surface area contributed by atoms with Gasteiger partial charge in [0.15, 0.2) is 14.8 Å². The number of carbonyl (C=O) groups is 1. The second-order valence-electron chi connectivity index (χ2n) is 4.97. The lowest BCUT2D eigenvalue weighted by molar-refractivity contribution is -0.383. The maximum absolute atomic E-state index is 11.5. The van der Waals surface area contributed by atoms with Crippen molar-refractivity contribution in [2.45, 2.75) is 30.5 Å². The van der Waals surface area contributed by atoms with Gasteiger partial charge >= 0.3 is 11.7 Å². The maximum Gasteiger partial charge on any atom is 0.326 e. The van der Waals surface area contributed by atoms with Gasteiger partial charge in [-0.05, 0) is 12.3 Å². The summed E-state index contributed by atoms with van der Waals surface area (Å²) >= 11 is 0.664. The van der Waals surface area contributed by atoms with Crippen LogP contribution < -0.4 is 5.32 Å². The van der Waals surface area contributed by atoms with E-state index in [-0.39, 0.29) is 21.5 Å². The third kappa shape index (κ3) is 4.67. The Balaban J connectivity index is 3.19. The number of nitrogens with zero attached hydrogens (tertiary/aromatic N) is 1. The summed E-state index contributed by atoms with van der Waals surface area (Å²) in [6.45, 7) is 3.64. The van der Waals surface area contributed by atoms with Crippen molar-refractivity contribution in [3.8, 4) is 0 Å². The molecule has 0 aliphatic carbocycles. The topological polar surface area (TPSA) is 127 Å². The van der Waals surface area contributed by atoms with E-state index >= 15 is 0 Å². The predicted octanol–water partition coefficient (Wildman–Crippen LogP) is 1.97. The molecule has 0 bridgehead atoms. The SMILES string of the molecule is CC(C)C[C@@H](Nc1sc(S(C)(=O)=O)cc1[N+](=O)[O-])C(=O)O. The van der Waals surface area contributed by atoms with Crippen LogP contribution in [0.25, 0.3) is 0 Å². The molecule has 21 heavy (non-hydrogen) atoms. The molecule has 1 heterocycles. The van der Waals surface area contributed by atoms with Crippen LogP contribution in [0.5, 0.6) is 0 Å². The number of nitrogens with one attached hydrogen (secondary N) is 1. The second kappa shape index (κ2) is 6.39. The summed E-state index contributed by atoms with van der Waals surface area (Å²) in [5.74, 6) is -1.08. The highest BCUT2D eigenvalue weighted by molar-refractivity contribution is 7.92. The molecule has 1 rings (SSSR count). The molecule has 118 valence electrons. The number of aliphatic carboxylic acids is 1. The quantitative estimate of drug-likeness (QED) is 0.575. The number of hydrogen-bond acceptors (Lipinski definition) is 7. The first-order chi connectivity index (χ1) is 9.52. The molecule has 0 aliphatic rings. The molecule has 0 amide bonds. The van der Waals surface area contributed by atoms with Crippen molar-refractivity contribution in [2.75, 3.05) is 11.6 Å². The molecular formula is C11H16N2O6S2. The van der Waals surface area contributed by atoms with Crippen LogP contribution in [0.15, 0.2) is 10.3 Å². The van der Waals surface area contributed by atoms with Gasteiger partial charge in [0.1, 0.15) is 10.3 Å². The van der Waals surface area contributed by atoms with Gasteiger partial charge in [-0.15, -0.1) is 0 Å². The number of rotatable bonds is 7. The lowest BCUT2D eigenvalue weighted by Crippen LogP contribution is -2.30. The average molecular weight is 336 g/mol. The Labute approximate surface area is 125 Å². The van der Waals surface area contributed by atoms with E-state index in [9.17, 15) is 23.3 Å². The third-order valence-corrected chi connectivity index (χ3v) is 5.42. The molecule has 0 aromatic carbocycles.